The highest BCUT2D eigenvalue weighted by atomic mass is 19.1. The SMILES string of the molecule is COc1ccc(CN(CC(=O)Nc2ccccc2F)C(C)=O)cc1. The van der Waals surface area contributed by atoms with Crippen LogP contribution < -0.4 is 10.1 Å². The highest BCUT2D eigenvalue weighted by Crippen LogP contribution is 2.14. The predicted octanol–water partition coefficient (Wildman–Crippen LogP) is 2.82. The van der Waals surface area contributed by atoms with E-state index in [1.54, 1.807) is 25.3 Å². The molecule has 2 amide bonds. The van der Waals surface area contributed by atoms with Crippen molar-refractivity contribution in [3.05, 3.63) is 59.9 Å². The summed E-state index contributed by atoms with van der Waals surface area (Å²) >= 11 is 0. The van der Waals surface area contributed by atoms with E-state index in [4.69, 9.17) is 4.74 Å². The molecule has 1 N–H and O–H groups in total. The fraction of sp³-hybridized carbons (Fsp3) is 0.222. The molecular weight excluding hydrogens is 311 g/mol. The van der Waals surface area contributed by atoms with Crippen molar-refractivity contribution in [3.63, 3.8) is 0 Å². The van der Waals surface area contributed by atoms with E-state index in [-0.39, 0.29) is 24.7 Å². The third kappa shape index (κ3) is 4.81. The van der Waals surface area contributed by atoms with Crippen molar-refractivity contribution in [3.8, 4) is 5.75 Å². The average Bonchev–Trinajstić information content (AvgIpc) is 2.57. The smallest absolute Gasteiger partial charge is 0.244 e. The molecule has 2 aromatic rings. The minimum atomic E-state index is -0.518. The van der Waals surface area contributed by atoms with Crippen molar-refractivity contribution >= 4 is 17.5 Å². The summed E-state index contributed by atoms with van der Waals surface area (Å²) in [4.78, 5) is 25.2. The maximum atomic E-state index is 13.6. The van der Waals surface area contributed by atoms with E-state index >= 15 is 0 Å². The number of nitrogens with zero attached hydrogens (tertiary/aromatic N) is 1. The number of ether oxygens (including phenoxy) is 1. The van der Waals surface area contributed by atoms with Crippen LogP contribution in [0.2, 0.25) is 0 Å². The van der Waals surface area contributed by atoms with Crippen LogP contribution in [0.4, 0.5) is 10.1 Å². The first-order chi connectivity index (χ1) is 11.5. The zero-order valence-corrected chi connectivity index (χ0v) is 13.6. The van der Waals surface area contributed by atoms with Crippen LogP contribution in [0.5, 0.6) is 5.75 Å². The van der Waals surface area contributed by atoms with Gasteiger partial charge in [-0.2, -0.15) is 0 Å². The molecule has 0 fully saturated rings. The summed E-state index contributed by atoms with van der Waals surface area (Å²) < 4.78 is 18.6. The highest BCUT2D eigenvalue weighted by molar-refractivity contribution is 5.94. The number of halogens is 1. The third-order valence-corrected chi connectivity index (χ3v) is 3.46. The first-order valence-electron chi connectivity index (χ1n) is 7.42. The Morgan fingerprint density at radius 2 is 1.79 bits per heavy atom. The van der Waals surface area contributed by atoms with E-state index in [1.165, 1.54) is 30.0 Å². The van der Waals surface area contributed by atoms with E-state index in [2.05, 4.69) is 5.32 Å². The summed E-state index contributed by atoms with van der Waals surface area (Å²) in [5.74, 6) is -0.501. The van der Waals surface area contributed by atoms with Crippen LogP contribution in [0.15, 0.2) is 48.5 Å². The number of para-hydroxylation sites is 1. The van der Waals surface area contributed by atoms with Crippen LogP contribution in [0, 0.1) is 5.82 Å². The summed E-state index contributed by atoms with van der Waals surface area (Å²) in [5.41, 5.74) is 0.958. The molecule has 0 spiro atoms. The molecule has 0 atom stereocenters. The number of carbonyl (C=O) groups is 2. The largest absolute Gasteiger partial charge is 0.497 e. The van der Waals surface area contributed by atoms with E-state index in [9.17, 15) is 14.0 Å². The van der Waals surface area contributed by atoms with Crippen molar-refractivity contribution in [1.82, 2.24) is 4.90 Å². The molecule has 0 aromatic heterocycles. The van der Waals surface area contributed by atoms with Gasteiger partial charge in [-0.05, 0) is 29.8 Å². The second-order valence-corrected chi connectivity index (χ2v) is 5.25. The summed E-state index contributed by atoms with van der Waals surface area (Å²) in [5, 5.41) is 2.47. The second kappa shape index (κ2) is 8.10. The van der Waals surface area contributed by atoms with Gasteiger partial charge in [-0.15, -0.1) is 0 Å². The Balaban J connectivity index is 2.01. The zero-order chi connectivity index (χ0) is 17.5. The highest BCUT2D eigenvalue weighted by Gasteiger charge is 2.15. The molecule has 0 aliphatic carbocycles. The van der Waals surface area contributed by atoms with Gasteiger partial charge in [0.2, 0.25) is 11.8 Å². The number of benzene rings is 2. The lowest BCUT2D eigenvalue weighted by molar-refractivity contribution is -0.133. The van der Waals surface area contributed by atoms with Crippen LogP contribution >= 0.6 is 0 Å². The molecule has 0 saturated heterocycles. The monoisotopic (exact) mass is 330 g/mol. The molecule has 2 aromatic carbocycles. The number of methoxy groups -OCH3 is 1. The summed E-state index contributed by atoms with van der Waals surface area (Å²) in [6.45, 7) is 1.51. The van der Waals surface area contributed by atoms with Gasteiger partial charge in [-0.1, -0.05) is 24.3 Å². The van der Waals surface area contributed by atoms with Crippen LogP contribution in [-0.4, -0.2) is 30.4 Å². The number of rotatable bonds is 6. The Bertz CT molecular complexity index is 716. The molecule has 0 radical (unpaired) electrons. The molecule has 5 nitrogen and oxygen atoms in total. The second-order valence-electron chi connectivity index (χ2n) is 5.25. The standard InChI is InChI=1S/C18H19FN2O3/c1-13(22)21(11-14-7-9-15(24-2)10-8-14)12-18(23)20-17-6-4-3-5-16(17)19/h3-10H,11-12H2,1-2H3,(H,20,23). The molecule has 0 unspecified atom stereocenters. The van der Waals surface area contributed by atoms with Gasteiger partial charge in [0.25, 0.3) is 0 Å². The minimum absolute atomic E-state index is 0.0930. The van der Waals surface area contributed by atoms with E-state index in [0.717, 1.165) is 5.56 Å². The summed E-state index contributed by atoms with van der Waals surface area (Å²) in [7, 11) is 1.57. The topological polar surface area (TPSA) is 58.6 Å². The van der Waals surface area contributed by atoms with Crippen LogP contribution in [0.25, 0.3) is 0 Å². The van der Waals surface area contributed by atoms with Crippen molar-refractivity contribution in [2.45, 2.75) is 13.5 Å². The van der Waals surface area contributed by atoms with Crippen LogP contribution in [0.1, 0.15) is 12.5 Å². The van der Waals surface area contributed by atoms with Crippen LogP contribution in [0.3, 0.4) is 0 Å². The molecule has 6 heteroatoms. The molecule has 0 heterocycles. The Kier molecular flexibility index (Phi) is 5.89. The van der Waals surface area contributed by atoms with Crippen LogP contribution in [-0.2, 0) is 16.1 Å². The third-order valence-electron chi connectivity index (χ3n) is 3.46. The first-order valence-corrected chi connectivity index (χ1v) is 7.42. The van der Waals surface area contributed by atoms with E-state index < -0.39 is 11.7 Å². The van der Waals surface area contributed by atoms with Gasteiger partial charge in [0.15, 0.2) is 0 Å². The number of amides is 2. The van der Waals surface area contributed by atoms with E-state index in [1.807, 2.05) is 12.1 Å². The van der Waals surface area contributed by atoms with E-state index in [0.29, 0.717) is 5.75 Å². The van der Waals surface area contributed by atoms with Crippen molar-refractivity contribution in [2.24, 2.45) is 0 Å². The normalized spacial score (nSPS) is 10.1. The number of carbonyl (C=O) groups excluding carboxylic acids is 2. The molecule has 0 saturated carbocycles. The van der Waals surface area contributed by atoms with Gasteiger partial charge < -0.3 is 15.0 Å². The Morgan fingerprint density at radius 3 is 2.38 bits per heavy atom. The quantitative estimate of drug-likeness (QED) is 0.886. The van der Waals surface area contributed by atoms with Crippen molar-refractivity contribution in [2.75, 3.05) is 19.0 Å². The lowest BCUT2D eigenvalue weighted by Crippen LogP contribution is -2.36. The van der Waals surface area contributed by atoms with Gasteiger partial charge >= 0.3 is 0 Å². The molecule has 24 heavy (non-hydrogen) atoms. The zero-order valence-electron chi connectivity index (χ0n) is 13.6. The Morgan fingerprint density at radius 1 is 1.12 bits per heavy atom. The average molecular weight is 330 g/mol. The molecule has 0 bridgehead atoms. The molecule has 2 rings (SSSR count). The number of anilines is 1. The summed E-state index contributed by atoms with van der Waals surface area (Å²) in [6, 6.07) is 13.1. The lowest BCUT2D eigenvalue weighted by Gasteiger charge is -2.21. The van der Waals surface area contributed by atoms with Gasteiger partial charge in [-0.25, -0.2) is 4.39 Å². The molecular formula is C18H19FN2O3. The summed E-state index contributed by atoms with van der Waals surface area (Å²) in [6.07, 6.45) is 0. The number of hydrogen-bond acceptors (Lipinski definition) is 3. The molecule has 126 valence electrons. The Labute approximate surface area is 140 Å². The van der Waals surface area contributed by atoms with Gasteiger partial charge in [0.1, 0.15) is 18.1 Å². The molecule has 0 aliphatic rings. The lowest BCUT2D eigenvalue weighted by atomic mass is 10.2. The fourth-order valence-corrected chi connectivity index (χ4v) is 2.16. The minimum Gasteiger partial charge on any atom is -0.497 e. The van der Waals surface area contributed by atoms with Gasteiger partial charge in [0.05, 0.1) is 12.8 Å². The van der Waals surface area contributed by atoms with Gasteiger partial charge in [0, 0.05) is 13.5 Å². The number of hydrogen-bond donors (Lipinski definition) is 1. The van der Waals surface area contributed by atoms with Crippen molar-refractivity contribution < 1.29 is 18.7 Å². The first kappa shape index (κ1) is 17.5. The van der Waals surface area contributed by atoms with Crippen molar-refractivity contribution in [1.29, 1.82) is 0 Å². The maximum Gasteiger partial charge on any atom is 0.244 e. The Hall–Kier alpha value is -2.89. The molecule has 0 aliphatic heterocycles. The predicted molar refractivity (Wildman–Crippen MR) is 89.1 cm³/mol. The fourth-order valence-electron chi connectivity index (χ4n) is 2.16. The maximum absolute atomic E-state index is 13.6. The van der Waals surface area contributed by atoms with Gasteiger partial charge in [-0.3, -0.25) is 9.59 Å². The number of nitrogens with one attached hydrogen (secondary N) is 1.